The van der Waals surface area contributed by atoms with Gasteiger partial charge < -0.3 is 14.6 Å². The van der Waals surface area contributed by atoms with E-state index < -0.39 is 5.97 Å². The summed E-state index contributed by atoms with van der Waals surface area (Å²) in [6.07, 6.45) is 1.88. The van der Waals surface area contributed by atoms with Gasteiger partial charge in [-0.2, -0.15) is 0 Å². The van der Waals surface area contributed by atoms with E-state index in [1.54, 1.807) is 0 Å². The van der Waals surface area contributed by atoms with Gasteiger partial charge in [-0.15, -0.1) is 11.8 Å². The van der Waals surface area contributed by atoms with Gasteiger partial charge in [-0.05, 0) is 18.4 Å². The average Bonchev–Trinajstić information content (AvgIpc) is 2.26. The van der Waals surface area contributed by atoms with Crippen molar-refractivity contribution in [2.75, 3.05) is 20.5 Å². The summed E-state index contributed by atoms with van der Waals surface area (Å²) in [7, 11) is 3.00. The molecule has 0 saturated carbocycles. The van der Waals surface area contributed by atoms with Crippen molar-refractivity contribution in [2.45, 2.75) is 4.90 Å². The van der Waals surface area contributed by atoms with Crippen LogP contribution in [0.1, 0.15) is 10.4 Å². The largest absolute Gasteiger partial charge is 0.495 e. The molecule has 5 heteroatoms. The summed E-state index contributed by atoms with van der Waals surface area (Å²) in [4.78, 5) is 11.6. The highest BCUT2D eigenvalue weighted by atomic mass is 32.2. The van der Waals surface area contributed by atoms with E-state index in [2.05, 4.69) is 0 Å². The molecule has 0 amide bonds. The summed E-state index contributed by atoms with van der Waals surface area (Å²) in [6.45, 7) is 0. The molecular weight excluding hydrogens is 216 g/mol. The smallest absolute Gasteiger partial charge is 0.335 e. The molecule has 0 aliphatic rings. The highest BCUT2D eigenvalue weighted by Crippen LogP contribution is 2.37. The molecule has 0 unspecified atom stereocenters. The fourth-order valence-corrected chi connectivity index (χ4v) is 1.89. The standard InChI is InChI=1S/C10H12O4S/c1-13-7-4-6(10(11)12)5-8(14-2)9(7)15-3/h4-5H,1-3H3,(H,11,12). The van der Waals surface area contributed by atoms with Crippen LogP contribution in [0.3, 0.4) is 0 Å². The Hall–Kier alpha value is -1.36. The molecule has 1 aromatic carbocycles. The Morgan fingerprint density at radius 2 is 1.73 bits per heavy atom. The molecule has 1 rings (SSSR count). The molecule has 1 aromatic rings. The van der Waals surface area contributed by atoms with E-state index >= 15 is 0 Å². The Morgan fingerprint density at radius 1 is 1.27 bits per heavy atom. The van der Waals surface area contributed by atoms with Crippen LogP contribution in [0, 0.1) is 0 Å². The average molecular weight is 228 g/mol. The van der Waals surface area contributed by atoms with E-state index in [0.29, 0.717) is 11.5 Å². The lowest BCUT2D eigenvalue weighted by atomic mass is 10.2. The number of carboxylic acid groups (broad SMARTS) is 1. The van der Waals surface area contributed by atoms with Crippen molar-refractivity contribution in [2.24, 2.45) is 0 Å². The van der Waals surface area contributed by atoms with E-state index in [1.165, 1.54) is 38.1 Å². The van der Waals surface area contributed by atoms with Crippen LogP contribution in [0.2, 0.25) is 0 Å². The first-order valence-electron chi connectivity index (χ1n) is 4.17. The highest BCUT2D eigenvalue weighted by Gasteiger charge is 2.14. The molecule has 0 spiro atoms. The number of hydrogen-bond acceptors (Lipinski definition) is 4. The first kappa shape index (κ1) is 11.7. The minimum absolute atomic E-state index is 0.154. The molecule has 82 valence electrons. The number of benzene rings is 1. The van der Waals surface area contributed by atoms with Crippen LogP contribution >= 0.6 is 11.8 Å². The van der Waals surface area contributed by atoms with Crippen LogP contribution in [0.4, 0.5) is 0 Å². The number of thioether (sulfide) groups is 1. The van der Waals surface area contributed by atoms with Crippen LogP contribution in [0.15, 0.2) is 17.0 Å². The Bertz CT molecular complexity index is 351. The number of hydrogen-bond donors (Lipinski definition) is 1. The molecule has 15 heavy (non-hydrogen) atoms. The van der Waals surface area contributed by atoms with Crippen LogP contribution in [0.25, 0.3) is 0 Å². The number of carbonyl (C=O) groups is 1. The third-order valence-electron chi connectivity index (χ3n) is 1.91. The predicted molar refractivity (Wildman–Crippen MR) is 58.3 cm³/mol. The monoisotopic (exact) mass is 228 g/mol. The quantitative estimate of drug-likeness (QED) is 0.800. The maximum atomic E-state index is 10.8. The van der Waals surface area contributed by atoms with Gasteiger partial charge in [-0.25, -0.2) is 4.79 Å². The lowest BCUT2D eigenvalue weighted by Gasteiger charge is -2.11. The van der Waals surface area contributed by atoms with Crippen molar-refractivity contribution < 1.29 is 19.4 Å². The second-order valence-electron chi connectivity index (χ2n) is 2.72. The van der Waals surface area contributed by atoms with Crippen molar-refractivity contribution in [1.29, 1.82) is 0 Å². The molecule has 0 bridgehead atoms. The summed E-state index contributed by atoms with van der Waals surface area (Å²) in [5, 5.41) is 8.87. The second kappa shape index (κ2) is 4.93. The molecule has 0 aromatic heterocycles. The van der Waals surface area contributed by atoms with Crippen LogP contribution < -0.4 is 9.47 Å². The fraction of sp³-hybridized carbons (Fsp3) is 0.300. The zero-order chi connectivity index (χ0) is 11.4. The van der Waals surface area contributed by atoms with Gasteiger partial charge in [0, 0.05) is 0 Å². The predicted octanol–water partition coefficient (Wildman–Crippen LogP) is 2.12. The van der Waals surface area contributed by atoms with E-state index in [0.717, 1.165) is 4.90 Å². The van der Waals surface area contributed by atoms with E-state index in [4.69, 9.17) is 14.6 Å². The third kappa shape index (κ3) is 2.36. The van der Waals surface area contributed by atoms with Crippen molar-refractivity contribution >= 4 is 17.7 Å². The van der Waals surface area contributed by atoms with E-state index in [-0.39, 0.29) is 5.56 Å². The molecule has 0 atom stereocenters. The van der Waals surface area contributed by atoms with Gasteiger partial charge in [0.05, 0.1) is 24.7 Å². The first-order valence-corrected chi connectivity index (χ1v) is 5.39. The van der Waals surface area contributed by atoms with Gasteiger partial charge in [-0.3, -0.25) is 0 Å². The van der Waals surface area contributed by atoms with Crippen molar-refractivity contribution in [3.05, 3.63) is 17.7 Å². The molecule has 0 saturated heterocycles. The summed E-state index contributed by atoms with van der Waals surface area (Å²) < 4.78 is 10.2. The first-order chi connectivity index (χ1) is 7.13. The maximum Gasteiger partial charge on any atom is 0.335 e. The number of aromatic carboxylic acids is 1. The van der Waals surface area contributed by atoms with Gasteiger partial charge in [0.1, 0.15) is 11.5 Å². The molecule has 4 nitrogen and oxygen atoms in total. The topological polar surface area (TPSA) is 55.8 Å². The van der Waals surface area contributed by atoms with E-state index in [1.807, 2.05) is 6.26 Å². The van der Waals surface area contributed by atoms with Crippen molar-refractivity contribution in [3.63, 3.8) is 0 Å². The number of methoxy groups -OCH3 is 2. The number of rotatable bonds is 4. The Labute approximate surface area is 92.2 Å². The molecule has 1 N–H and O–H groups in total. The summed E-state index contributed by atoms with van der Waals surface area (Å²) in [5.41, 5.74) is 0.154. The zero-order valence-electron chi connectivity index (χ0n) is 8.73. The summed E-state index contributed by atoms with van der Waals surface area (Å²) in [6, 6.07) is 2.97. The normalized spacial score (nSPS) is 9.80. The van der Waals surface area contributed by atoms with Gasteiger partial charge >= 0.3 is 5.97 Å². The molecular formula is C10H12O4S. The lowest BCUT2D eigenvalue weighted by molar-refractivity contribution is 0.0696. The molecule has 0 heterocycles. The summed E-state index contributed by atoms with van der Waals surface area (Å²) in [5.74, 6) is 0.0257. The molecule has 0 fully saturated rings. The van der Waals surface area contributed by atoms with Crippen molar-refractivity contribution in [3.8, 4) is 11.5 Å². The zero-order valence-corrected chi connectivity index (χ0v) is 9.55. The molecule has 0 aliphatic heterocycles. The fourth-order valence-electron chi connectivity index (χ4n) is 1.20. The Morgan fingerprint density at radius 3 is 2.00 bits per heavy atom. The van der Waals surface area contributed by atoms with E-state index in [9.17, 15) is 4.79 Å². The Kier molecular flexibility index (Phi) is 3.85. The van der Waals surface area contributed by atoms with Crippen LogP contribution in [0.5, 0.6) is 11.5 Å². The van der Waals surface area contributed by atoms with Gasteiger partial charge in [0.2, 0.25) is 0 Å². The number of carboxylic acids is 1. The second-order valence-corrected chi connectivity index (χ2v) is 3.54. The third-order valence-corrected chi connectivity index (χ3v) is 2.72. The maximum absolute atomic E-state index is 10.8. The lowest BCUT2D eigenvalue weighted by Crippen LogP contribution is -2.00. The molecule has 0 radical (unpaired) electrons. The van der Waals surface area contributed by atoms with Gasteiger partial charge in [-0.1, -0.05) is 0 Å². The van der Waals surface area contributed by atoms with Gasteiger partial charge in [0.15, 0.2) is 0 Å². The van der Waals surface area contributed by atoms with Gasteiger partial charge in [0.25, 0.3) is 0 Å². The number of ether oxygens (including phenoxy) is 2. The Balaban J connectivity index is 3.35. The summed E-state index contributed by atoms with van der Waals surface area (Å²) >= 11 is 1.45. The SMILES string of the molecule is COc1cc(C(=O)O)cc(OC)c1SC. The van der Waals surface area contributed by atoms with Crippen molar-refractivity contribution in [1.82, 2.24) is 0 Å². The minimum atomic E-state index is -1.00. The van der Waals surface area contributed by atoms with Crippen LogP contribution in [-0.2, 0) is 0 Å². The molecule has 0 aliphatic carbocycles. The van der Waals surface area contributed by atoms with Crippen LogP contribution in [-0.4, -0.2) is 31.6 Å². The minimum Gasteiger partial charge on any atom is -0.495 e. The highest BCUT2D eigenvalue weighted by molar-refractivity contribution is 7.98.